The molecule has 172 valence electrons. The van der Waals surface area contributed by atoms with E-state index in [2.05, 4.69) is 20.3 Å². The van der Waals surface area contributed by atoms with E-state index in [9.17, 15) is 22.8 Å². The molecule has 1 aliphatic rings. The lowest BCUT2D eigenvalue weighted by Crippen LogP contribution is -2.60. The third kappa shape index (κ3) is 5.01. The normalized spacial score (nSPS) is 18.9. The number of aryl methyl sites for hydroxylation is 1. The van der Waals surface area contributed by atoms with Crippen molar-refractivity contribution < 1.29 is 22.8 Å². The van der Waals surface area contributed by atoms with Gasteiger partial charge in [0.05, 0.1) is 11.9 Å². The van der Waals surface area contributed by atoms with Crippen molar-refractivity contribution in [2.45, 2.75) is 62.7 Å². The molecule has 11 heteroatoms. The fourth-order valence-corrected chi connectivity index (χ4v) is 3.82. The number of anilines is 1. The zero-order valence-electron chi connectivity index (χ0n) is 17.6. The first-order chi connectivity index (χ1) is 15.0. The Morgan fingerprint density at radius 3 is 2.38 bits per heavy atom. The Morgan fingerprint density at radius 1 is 1.22 bits per heavy atom. The average molecular weight is 470 g/mol. The summed E-state index contributed by atoms with van der Waals surface area (Å²) in [5.41, 5.74) is -3.33. The largest absolute Gasteiger partial charge is 0.351 e. The highest BCUT2D eigenvalue weighted by Crippen LogP contribution is 2.36. The Kier molecular flexibility index (Phi) is 7.02. The lowest BCUT2D eigenvalue weighted by molar-refractivity contribution is -0.132. The van der Waals surface area contributed by atoms with E-state index in [1.807, 2.05) is 0 Å². The Bertz CT molecular complexity index is 952. The van der Waals surface area contributed by atoms with Crippen LogP contribution in [0.4, 0.5) is 18.9 Å². The molecular weight excluding hydrogens is 447 g/mol. The standard InChI is InChI=1S/C21H23ClF3N5O2/c1-13-3-4-16(11-28-13)30(18(31)17(22)23)20(2,14-9-26-12-27-10-14)19(32)29-15-5-7-21(24,25)8-6-15/h3-4,9-12,15,17H,5-8H2,1-2H3,(H,29,32)/t17-,20-/m0/s1. The second-order valence-corrected chi connectivity index (χ2v) is 8.32. The lowest BCUT2D eigenvalue weighted by atomic mass is 9.87. The SMILES string of the molecule is Cc1ccc(N(C(=O)[C@H](F)Cl)[C@](C)(C(=O)NC2CCC(F)(F)CC2)c2cncnc2)cn1. The highest BCUT2D eigenvalue weighted by molar-refractivity contribution is 6.32. The summed E-state index contributed by atoms with van der Waals surface area (Å²) in [5, 5.41) is 2.74. The van der Waals surface area contributed by atoms with Gasteiger partial charge in [0.15, 0.2) is 5.54 Å². The van der Waals surface area contributed by atoms with Crippen LogP contribution in [-0.4, -0.2) is 44.4 Å². The van der Waals surface area contributed by atoms with Gasteiger partial charge in [-0.05, 0) is 38.8 Å². The van der Waals surface area contributed by atoms with E-state index >= 15 is 0 Å². The highest BCUT2D eigenvalue weighted by atomic mass is 35.5. The van der Waals surface area contributed by atoms with E-state index in [-0.39, 0.29) is 36.9 Å². The topological polar surface area (TPSA) is 88.1 Å². The van der Waals surface area contributed by atoms with Gasteiger partial charge in [0.25, 0.3) is 17.4 Å². The monoisotopic (exact) mass is 469 g/mol. The summed E-state index contributed by atoms with van der Waals surface area (Å²) in [7, 11) is 0. The minimum Gasteiger partial charge on any atom is -0.351 e. The number of amides is 2. The smallest absolute Gasteiger partial charge is 0.278 e. The van der Waals surface area contributed by atoms with Crippen LogP contribution in [0.1, 0.15) is 43.9 Å². The van der Waals surface area contributed by atoms with Crippen LogP contribution in [-0.2, 0) is 15.1 Å². The van der Waals surface area contributed by atoms with Crippen LogP contribution in [0.5, 0.6) is 0 Å². The molecule has 32 heavy (non-hydrogen) atoms. The molecule has 2 atom stereocenters. The minimum absolute atomic E-state index is 0.0708. The van der Waals surface area contributed by atoms with Crippen molar-refractivity contribution in [1.82, 2.24) is 20.3 Å². The van der Waals surface area contributed by atoms with E-state index in [0.29, 0.717) is 5.69 Å². The highest BCUT2D eigenvalue weighted by Gasteiger charge is 2.48. The second-order valence-electron chi connectivity index (χ2n) is 7.94. The van der Waals surface area contributed by atoms with Gasteiger partial charge in [-0.15, -0.1) is 0 Å². The number of pyridine rings is 1. The van der Waals surface area contributed by atoms with Gasteiger partial charge in [-0.1, -0.05) is 11.6 Å². The minimum atomic E-state index is -2.77. The Hall–Kier alpha value is -2.75. The van der Waals surface area contributed by atoms with Crippen molar-refractivity contribution in [2.24, 2.45) is 0 Å². The first-order valence-corrected chi connectivity index (χ1v) is 10.5. The first-order valence-electron chi connectivity index (χ1n) is 10.0. The number of hydrogen-bond acceptors (Lipinski definition) is 5. The van der Waals surface area contributed by atoms with Crippen LogP contribution >= 0.6 is 11.6 Å². The number of carbonyl (C=O) groups is 2. The van der Waals surface area contributed by atoms with Crippen molar-refractivity contribution in [3.05, 3.63) is 48.3 Å². The van der Waals surface area contributed by atoms with Crippen molar-refractivity contribution >= 4 is 29.1 Å². The Balaban J connectivity index is 2.05. The summed E-state index contributed by atoms with van der Waals surface area (Å²) in [5.74, 6) is -4.66. The molecule has 2 heterocycles. The number of rotatable bonds is 6. The van der Waals surface area contributed by atoms with Gasteiger partial charge in [0.1, 0.15) is 6.33 Å². The van der Waals surface area contributed by atoms with Gasteiger partial charge >= 0.3 is 0 Å². The molecule has 1 fully saturated rings. The van der Waals surface area contributed by atoms with Crippen LogP contribution < -0.4 is 10.2 Å². The fourth-order valence-electron chi connectivity index (χ4n) is 3.72. The molecular formula is C21H23ClF3N5O2. The molecule has 3 rings (SSSR count). The molecule has 0 radical (unpaired) electrons. The zero-order chi connectivity index (χ0) is 23.5. The molecule has 0 aromatic carbocycles. The number of hydrogen-bond donors (Lipinski definition) is 1. The van der Waals surface area contributed by atoms with Gasteiger partial charge in [-0.25, -0.2) is 23.1 Å². The summed E-state index contributed by atoms with van der Waals surface area (Å²) in [6.45, 7) is 3.13. The van der Waals surface area contributed by atoms with Gasteiger partial charge < -0.3 is 5.32 Å². The van der Waals surface area contributed by atoms with Crippen molar-refractivity contribution in [1.29, 1.82) is 0 Å². The molecule has 2 aromatic rings. The van der Waals surface area contributed by atoms with E-state index in [1.54, 1.807) is 13.0 Å². The number of halogens is 4. The summed E-state index contributed by atoms with van der Waals surface area (Å²) in [6.07, 6.45) is 4.63. The van der Waals surface area contributed by atoms with Crippen molar-refractivity contribution in [3.63, 3.8) is 0 Å². The molecule has 0 saturated heterocycles. The molecule has 0 spiro atoms. The first kappa shape index (κ1) is 23.9. The molecule has 0 unspecified atom stereocenters. The van der Waals surface area contributed by atoms with E-state index < -0.39 is 34.9 Å². The number of nitrogens with one attached hydrogen (secondary N) is 1. The van der Waals surface area contributed by atoms with Crippen molar-refractivity contribution in [3.8, 4) is 0 Å². The summed E-state index contributed by atoms with van der Waals surface area (Å²) in [6, 6.07) is 2.58. The predicted octanol–water partition coefficient (Wildman–Crippen LogP) is 3.66. The maximum atomic E-state index is 14.1. The molecule has 0 aliphatic heterocycles. The zero-order valence-corrected chi connectivity index (χ0v) is 18.3. The van der Waals surface area contributed by atoms with Gasteiger partial charge in [-0.2, -0.15) is 0 Å². The Morgan fingerprint density at radius 2 is 1.84 bits per heavy atom. The number of aromatic nitrogens is 3. The molecule has 1 saturated carbocycles. The van der Waals surface area contributed by atoms with Crippen LogP contribution in [0.25, 0.3) is 0 Å². The third-order valence-corrected chi connectivity index (χ3v) is 5.81. The summed E-state index contributed by atoms with van der Waals surface area (Å²) >= 11 is 5.50. The lowest BCUT2D eigenvalue weighted by Gasteiger charge is -2.41. The van der Waals surface area contributed by atoms with E-state index in [0.717, 1.165) is 4.90 Å². The van der Waals surface area contributed by atoms with Gasteiger partial charge in [-0.3, -0.25) is 19.5 Å². The Labute approximate surface area is 188 Å². The number of carbonyl (C=O) groups excluding carboxylic acids is 2. The molecule has 1 aliphatic carbocycles. The van der Waals surface area contributed by atoms with Crippen LogP contribution in [0.2, 0.25) is 0 Å². The predicted molar refractivity (Wildman–Crippen MR) is 112 cm³/mol. The van der Waals surface area contributed by atoms with Crippen molar-refractivity contribution in [2.75, 3.05) is 4.90 Å². The maximum Gasteiger partial charge on any atom is 0.278 e. The number of alkyl halides is 4. The van der Waals surface area contributed by atoms with Crippen LogP contribution in [0.3, 0.4) is 0 Å². The molecule has 2 aromatic heterocycles. The second kappa shape index (κ2) is 9.40. The molecule has 0 bridgehead atoms. The van der Waals surface area contributed by atoms with E-state index in [4.69, 9.17) is 11.6 Å². The van der Waals surface area contributed by atoms with Crippen LogP contribution in [0, 0.1) is 6.92 Å². The average Bonchev–Trinajstić information content (AvgIpc) is 2.77. The van der Waals surface area contributed by atoms with Gasteiger partial charge in [0.2, 0.25) is 5.92 Å². The molecule has 2 amide bonds. The summed E-state index contributed by atoms with van der Waals surface area (Å²) < 4.78 is 41.2. The number of nitrogens with zero attached hydrogens (tertiary/aromatic N) is 4. The fraction of sp³-hybridized carbons (Fsp3) is 0.476. The van der Waals surface area contributed by atoms with E-state index in [1.165, 1.54) is 37.9 Å². The molecule has 1 N–H and O–H groups in total. The van der Waals surface area contributed by atoms with Gasteiger partial charge in [0, 0.05) is 42.5 Å². The molecule has 7 nitrogen and oxygen atoms in total. The quantitative estimate of drug-likeness (QED) is 0.652. The summed E-state index contributed by atoms with van der Waals surface area (Å²) in [4.78, 5) is 39.4. The van der Waals surface area contributed by atoms with Crippen LogP contribution in [0.15, 0.2) is 37.1 Å². The third-order valence-electron chi connectivity index (χ3n) is 5.63. The maximum absolute atomic E-state index is 14.1.